The smallest absolute Gasteiger partial charge is 0.000835 e. The van der Waals surface area contributed by atoms with Gasteiger partial charge >= 0.3 is 0 Å². The maximum absolute atomic E-state index is 3.44. The largest absolute Gasteiger partial charge is 0.316 e. The fourth-order valence-corrected chi connectivity index (χ4v) is 1.92. The number of hydrogen-bond donors (Lipinski definition) is 1. The standard InChI is InChI=1S/C15H25N/c1-4-9-16-10-8-14-6-5-7-15(12-14)11-13(2)3/h5-7,12-13,16H,4,8-11H2,1-3H3. The Morgan fingerprint density at radius 2 is 1.88 bits per heavy atom. The van der Waals surface area contributed by atoms with Gasteiger partial charge in [0.25, 0.3) is 0 Å². The van der Waals surface area contributed by atoms with E-state index < -0.39 is 0 Å². The molecule has 0 aliphatic heterocycles. The molecule has 0 aliphatic carbocycles. The first kappa shape index (κ1) is 13.2. The van der Waals surface area contributed by atoms with Gasteiger partial charge in [0.15, 0.2) is 0 Å². The molecule has 0 radical (unpaired) electrons. The van der Waals surface area contributed by atoms with Gasteiger partial charge in [-0.05, 0) is 49.4 Å². The molecule has 1 aromatic rings. The fourth-order valence-electron chi connectivity index (χ4n) is 1.92. The Hall–Kier alpha value is -0.820. The van der Waals surface area contributed by atoms with Crippen LogP contribution >= 0.6 is 0 Å². The molecule has 0 spiro atoms. The van der Waals surface area contributed by atoms with Gasteiger partial charge in [-0.25, -0.2) is 0 Å². The van der Waals surface area contributed by atoms with Crippen LogP contribution in [0.1, 0.15) is 38.3 Å². The topological polar surface area (TPSA) is 12.0 Å². The number of hydrogen-bond acceptors (Lipinski definition) is 1. The van der Waals surface area contributed by atoms with Crippen molar-refractivity contribution in [1.29, 1.82) is 0 Å². The normalized spacial score (nSPS) is 11.0. The molecule has 16 heavy (non-hydrogen) atoms. The third-order valence-corrected chi connectivity index (χ3v) is 2.65. The van der Waals surface area contributed by atoms with Crippen LogP contribution in [0.2, 0.25) is 0 Å². The summed E-state index contributed by atoms with van der Waals surface area (Å²) in [6.07, 6.45) is 3.55. The highest BCUT2D eigenvalue weighted by molar-refractivity contribution is 5.24. The van der Waals surface area contributed by atoms with E-state index in [1.165, 1.54) is 24.0 Å². The van der Waals surface area contributed by atoms with E-state index in [1.807, 2.05) is 0 Å². The van der Waals surface area contributed by atoms with Crippen molar-refractivity contribution in [3.63, 3.8) is 0 Å². The SMILES string of the molecule is CCCNCCc1cccc(CC(C)C)c1. The first-order valence-electron chi connectivity index (χ1n) is 6.51. The predicted molar refractivity (Wildman–Crippen MR) is 71.8 cm³/mol. The summed E-state index contributed by atoms with van der Waals surface area (Å²) in [6.45, 7) is 8.98. The van der Waals surface area contributed by atoms with E-state index in [2.05, 4.69) is 50.4 Å². The first-order chi connectivity index (χ1) is 7.72. The van der Waals surface area contributed by atoms with Crippen molar-refractivity contribution in [2.45, 2.75) is 40.0 Å². The summed E-state index contributed by atoms with van der Waals surface area (Å²) < 4.78 is 0. The van der Waals surface area contributed by atoms with E-state index in [4.69, 9.17) is 0 Å². The number of rotatable bonds is 7. The Bertz CT molecular complexity index is 291. The van der Waals surface area contributed by atoms with Crippen molar-refractivity contribution in [3.05, 3.63) is 35.4 Å². The van der Waals surface area contributed by atoms with Crippen molar-refractivity contribution in [3.8, 4) is 0 Å². The van der Waals surface area contributed by atoms with Gasteiger partial charge in [-0.3, -0.25) is 0 Å². The van der Waals surface area contributed by atoms with Crippen molar-refractivity contribution >= 4 is 0 Å². The molecule has 1 heteroatoms. The summed E-state index contributed by atoms with van der Waals surface area (Å²) >= 11 is 0. The van der Waals surface area contributed by atoms with Crippen LogP contribution in [-0.4, -0.2) is 13.1 Å². The molecule has 0 unspecified atom stereocenters. The number of benzene rings is 1. The summed E-state index contributed by atoms with van der Waals surface area (Å²) in [5.74, 6) is 0.744. The first-order valence-corrected chi connectivity index (χ1v) is 6.51. The minimum atomic E-state index is 0.744. The molecule has 1 rings (SSSR count). The van der Waals surface area contributed by atoms with Crippen LogP contribution in [0.15, 0.2) is 24.3 Å². The van der Waals surface area contributed by atoms with Crippen LogP contribution in [0.4, 0.5) is 0 Å². The van der Waals surface area contributed by atoms with Gasteiger partial charge in [0, 0.05) is 0 Å². The second-order valence-electron chi connectivity index (χ2n) is 4.92. The van der Waals surface area contributed by atoms with Gasteiger partial charge in [-0.2, -0.15) is 0 Å². The lowest BCUT2D eigenvalue weighted by molar-refractivity contribution is 0.645. The molecule has 90 valence electrons. The molecule has 0 amide bonds. The quantitative estimate of drug-likeness (QED) is 0.693. The second-order valence-corrected chi connectivity index (χ2v) is 4.92. The highest BCUT2D eigenvalue weighted by Gasteiger charge is 1.99. The minimum Gasteiger partial charge on any atom is -0.316 e. The molecule has 0 aromatic heterocycles. The third-order valence-electron chi connectivity index (χ3n) is 2.65. The summed E-state index contributed by atoms with van der Waals surface area (Å²) in [6, 6.07) is 9.01. The van der Waals surface area contributed by atoms with Crippen LogP contribution in [0.25, 0.3) is 0 Å². The van der Waals surface area contributed by atoms with E-state index in [1.54, 1.807) is 0 Å². The highest BCUT2D eigenvalue weighted by Crippen LogP contribution is 2.10. The van der Waals surface area contributed by atoms with Gasteiger partial charge in [0.2, 0.25) is 0 Å². The van der Waals surface area contributed by atoms with Crippen molar-refractivity contribution < 1.29 is 0 Å². The van der Waals surface area contributed by atoms with Crippen molar-refractivity contribution in [1.82, 2.24) is 5.32 Å². The van der Waals surface area contributed by atoms with E-state index in [0.29, 0.717) is 0 Å². The fraction of sp³-hybridized carbons (Fsp3) is 0.600. The Morgan fingerprint density at radius 3 is 2.56 bits per heavy atom. The maximum atomic E-state index is 3.44. The summed E-state index contributed by atoms with van der Waals surface area (Å²) in [7, 11) is 0. The van der Waals surface area contributed by atoms with Gasteiger partial charge in [0.05, 0.1) is 0 Å². The zero-order valence-electron chi connectivity index (χ0n) is 10.9. The predicted octanol–water partition coefficient (Wildman–Crippen LogP) is 3.43. The molecule has 0 atom stereocenters. The van der Waals surface area contributed by atoms with Gasteiger partial charge < -0.3 is 5.32 Å². The molecule has 1 nitrogen and oxygen atoms in total. The highest BCUT2D eigenvalue weighted by atomic mass is 14.8. The molecule has 0 heterocycles. The van der Waals surface area contributed by atoms with Crippen LogP contribution in [0.5, 0.6) is 0 Å². The zero-order chi connectivity index (χ0) is 11.8. The summed E-state index contributed by atoms with van der Waals surface area (Å²) in [5, 5.41) is 3.44. The lowest BCUT2D eigenvalue weighted by Crippen LogP contribution is -2.17. The number of nitrogens with one attached hydrogen (secondary N) is 1. The monoisotopic (exact) mass is 219 g/mol. The Kier molecular flexibility index (Phi) is 6.17. The van der Waals surface area contributed by atoms with E-state index in [-0.39, 0.29) is 0 Å². The van der Waals surface area contributed by atoms with Crippen molar-refractivity contribution in [2.75, 3.05) is 13.1 Å². The Balaban J connectivity index is 2.41. The van der Waals surface area contributed by atoms with Gasteiger partial charge in [-0.15, -0.1) is 0 Å². The lowest BCUT2D eigenvalue weighted by atomic mass is 10.00. The van der Waals surface area contributed by atoms with Crippen molar-refractivity contribution in [2.24, 2.45) is 5.92 Å². The molecule has 0 bridgehead atoms. The molecule has 0 aliphatic rings. The average molecular weight is 219 g/mol. The summed E-state index contributed by atoms with van der Waals surface area (Å²) in [4.78, 5) is 0. The molecule has 0 fully saturated rings. The lowest BCUT2D eigenvalue weighted by Gasteiger charge is -2.08. The molecule has 0 saturated carbocycles. The minimum absolute atomic E-state index is 0.744. The average Bonchev–Trinajstić information content (AvgIpc) is 2.24. The van der Waals surface area contributed by atoms with Gasteiger partial charge in [-0.1, -0.05) is 45.0 Å². The van der Waals surface area contributed by atoms with Crippen LogP contribution < -0.4 is 5.32 Å². The molecule has 1 N–H and O–H groups in total. The zero-order valence-corrected chi connectivity index (χ0v) is 10.9. The van der Waals surface area contributed by atoms with E-state index >= 15 is 0 Å². The van der Waals surface area contributed by atoms with Crippen LogP contribution in [0, 0.1) is 5.92 Å². The van der Waals surface area contributed by atoms with E-state index in [0.717, 1.165) is 25.4 Å². The Labute approximate surface area is 100 Å². The second kappa shape index (κ2) is 7.45. The molecule has 0 saturated heterocycles. The van der Waals surface area contributed by atoms with Gasteiger partial charge in [0.1, 0.15) is 0 Å². The summed E-state index contributed by atoms with van der Waals surface area (Å²) in [5.41, 5.74) is 2.93. The maximum Gasteiger partial charge on any atom is -0.000835 e. The molecular formula is C15H25N. The van der Waals surface area contributed by atoms with E-state index in [9.17, 15) is 0 Å². The Morgan fingerprint density at radius 1 is 1.12 bits per heavy atom. The van der Waals surface area contributed by atoms with Crippen LogP contribution in [-0.2, 0) is 12.8 Å². The van der Waals surface area contributed by atoms with Crippen LogP contribution in [0.3, 0.4) is 0 Å². The molecular weight excluding hydrogens is 194 g/mol. The molecule has 1 aromatic carbocycles. The third kappa shape index (κ3) is 5.32.